The van der Waals surface area contributed by atoms with Gasteiger partial charge in [-0.05, 0) is 29.3 Å². The summed E-state index contributed by atoms with van der Waals surface area (Å²) in [5, 5.41) is 23.3. The van der Waals surface area contributed by atoms with Crippen LogP contribution in [0.2, 0.25) is 0 Å². The van der Waals surface area contributed by atoms with Crippen molar-refractivity contribution in [2.45, 2.75) is 0 Å². The summed E-state index contributed by atoms with van der Waals surface area (Å²) in [6.07, 6.45) is 4.71. The highest BCUT2D eigenvalue weighted by Gasteiger charge is 2.22. The summed E-state index contributed by atoms with van der Waals surface area (Å²) in [4.78, 5) is 21.7. The molecular formula is C22H15ClN2O4. The molecule has 0 fully saturated rings. The first-order valence-electron chi connectivity index (χ1n) is 8.58. The van der Waals surface area contributed by atoms with E-state index in [1.54, 1.807) is 36.4 Å². The fraction of sp³-hybridized carbons (Fsp3) is 0. The maximum Gasteiger partial charge on any atom is 0.283 e. The van der Waals surface area contributed by atoms with Crippen LogP contribution in [0.1, 0.15) is 22.3 Å². The van der Waals surface area contributed by atoms with Crippen molar-refractivity contribution in [1.82, 2.24) is 0 Å². The fourth-order valence-electron chi connectivity index (χ4n) is 2.74. The molecule has 6 nitrogen and oxygen atoms in total. The first kappa shape index (κ1) is 20.0. The molecule has 0 unspecified atom stereocenters. The zero-order valence-electron chi connectivity index (χ0n) is 15.1. The van der Waals surface area contributed by atoms with Crippen molar-refractivity contribution in [2.24, 2.45) is 0 Å². The van der Waals surface area contributed by atoms with E-state index in [-0.39, 0.29) is 22.5 Å². The lowest BCUT2D eigenvalue weighted by Crippen LogP contribution is -1.98. The zero-order chi connectivity index (χ0) is 20.8. The van der Waals surface area contributed by atoms with E-state index in [2.05, 4.69) is 0 Å². The molecular weight excluding hydrogens is 392 g/mol. The zero-order valence-corrected chi connectivity index (χ0v) is 15.8. The van der Waals surface area contributed by atoms with Gasteiger partial charge in [0.15, 0.2) is 0 Å². The van der Waals surface area contributed by atoms with Gasteiger partial charge < -0.3 is 0 Å². The predicted molar refractivity (Wildman–Crippen MR) is 115 cm³/mol. The molecule has 7 heteroatoms. The molecule has 29 heavy (non-hydrogen) atoms. The average Bonchev–Trinajstić information content (AvgIpc) is 2.73. The highest BCUT2D eigenvalue weighted by molar-refractivity contribution is 6.51. The number of nitro groups is 2. The van der Waals surface area contributed by atoms with Crippen LogP contribution in [0.3, 0.4) is 0 Å². The number of hydrogen-bond acceptors (Lipinski definition) is 4. The van der Waals surface area contributed by atoms with Gasteiger partial charge in [-0.2, -0.15) is 0 Å². The SMILES string of the molecule is O=[N+]([O-])c1cc([N+](=O)[O-])c(/C=C(/Cl)c2ccccc2)cc1/C=C/c1ccccc1. The van der Waals surface area contributed by atoms with Gasteiger partial charge in [0.2, 0.25) is 0 Å². The van der Waals surface area contributed by atoms with Crippen LogP contribution in [-0.2, 0) is 0 Å². The highest BCUT2D eigenvalue weighted by atomic mass is 35.5. The number of nitro benzene ring substituents is 2. The molecule has 0 atom stereocenters. The van der Waals surface area contributed by atoms with Crippen LogP contribution in [0.15, 0.2) is 72.8 Å². The van der Waals surface area contributed by atoms with E-state index in [0.717, 1.165) is 11.6 Å². The van der Waals surface area contributed by atoms with Crippen LogP contribution < -0.4 is 0 Å². The lowest BCUT2D eigenvalue weighted by atomic mass is 10.0. The van der Waals surface area contributed by atoms with Gasteiger partial charge in [0.25, 0.3) is 11.4 Å². The number of rotatable bonds is 6. The second-order valence-electron chi connectivity index (χ2n) is 6.09. The van der Waals surface area contributed by atoms with Gasteiger partial charge >= 0.3 is 0 Å². The summed E-state index contributed by atoms with van der Waals surface area (Å²) < 4.78 is 0. The van der Waals surface area contributed by atoms with Crippen LogP contribution in [-0.4, -0.2) is 9.85 Å². The van der Waals surface area contributed by atoms with Crippen LogP contribution >= 0.6 is 11.6 Å². The van der Waals surface area contributed by atoms with Gasteiger partial charge in [-0.15, -0.1) is 0 Å². The van der Waals surface area contributed by atoms with E-state index in [4.69, 9.17) is 11.6 Å². The summed E-state index contributed by atoms with van der Waals surface area (Å²) in [5.74, 6) is 0. The maximum atomic E-state index is 11.5. The van der Waals surface area contributed by atoms with E-state index in [9.17, 15) is 20.2 Å². The molecule has 0 spiro atoms. The Balaban J connectivity index is 2.13. The third kappa shape index (κ3) is 4.94. The monoisotopic (exact) mass is 406 g/mol. The summed E-state index contributed by atoms with van der Waals surface area (Å²) in [6, 6.07) is 20.6. The number of benzene rings is 3. The molecule has 0 heterocycles. The minimum atomic E-state index is -0.654. The van der Waals surface area contributed by atoms with Crippen molar-refractivity contribution in [2.75, 3.05) is 0 Å². The van der Waals surface area contributed by atoms with Gasteiger partial charge in [-0.3, -0.25) is 20.2 Å². The van der Waals surface area contributed by atoms with E-state index in [1.807, 2.05) is 36.4 Å². The lowest BCUT2D eigenvalue weighted by Gasteiger charge is -2.04. The van der Waals surface area contributed by atoms with Crippen molar-refractivity contribution in [1.29, 1.82) is 0 Å². The highest BCUT2D eigenvalue weighted by Crippen LogP contribution is 2.33. The molecule has 144 valence electrons. The predicted octanol–water partition coefficient (Wildman–Crippen LogP) is 6.41. The molecule has 0 saturated heterocycles. The van der Waals surface area contributed by atoms with Gasteiger partial charge in [0, 0.05) is 5.03 Å². The van der Waals surface area contributed by atoms with E-state index >= 15 is 0 Å². The minimum Gasteiger partial charge on any atom is -0.258 e. The van der Waals surface area contributed by atoms with Gasteiger partial charge in [-0.1, -0.05) is 78.3 Å². The molecule has 0 aliphatic carbocycles. The maximum absolute atomic E-state index is 11.5. The quantitative estimate of drug-likeness (QED) is 0.269. The molecule has 0 aromatic heterocycles. The van der Waals surface area contributed by atoms with Crippen LogP contribution in [0.4, 0.5) is 11.4 Å². The van der Waals surface area contributed by atoms with E-state index < -0.39 is 9.85 Å². The molecule has 0 radical (unpaired) electrons. The van der Waals surface area contributed by atoms with E-state index in [1.165, 1.54) is 12.1 Å². The Morgan fingerprint density at radius 2 is 1.31 bits per heavy atom. The molecule has 0 saturated carbocycles. The smallest absolute Gasteiger partial charge is 0.258 e. The Labute approximate surface area is 171 Å². The van der Waals surface area contributed by atoms with Crippen molar-refractivity contribution in [3.63, 3.8) is 0 Å². The normalized spacial score (nSPS) is 11.6. The fourth-order valence-corrected chi connectivity index (χ4v) is 2.99. The first-order chi connectivity index (χ1) is 14.0. The van der Waals surface area contributed by atoms with Crippen molar-refractivity contribution < 1.29 is 9.85 Å². The molecule has 3 rings (SSSR count). The Morgan fingerprint density at radius 1 is 0.759 bits per heavy atom. The van der Waals surface area contributed by atoms with Crippen molar-refractivity contribution in [3.8, 4) is 0 Å². The molecule has 0 amide bonds. The van der Waals surface area contributed by atoms with Crippen molar-refractivity contribution >= 4 is 46.2 Å². The summed E-state index contributed by atoms with van der Waals surface area (Å²) in [6.45, 7) is 0. The average molecular weight is 407 g/mol. The summed E-state index contributed by atoms with van der Waals surface area (Å²) in [5.41, 5.74) is 1.22. The van der Waals surface area contributed by atoms with Gasteiger partial charge in [-0.25, -0.2) is 0 Å². The lowest BCUT2D eigenvalue weighted by molar-refractivity contribution is -0.394. The van der Waals surface area contributed by atoms with Crippen LogP contribution in [0.25, 0.3) is 23.3 Å². The Hall–Kier alpha value is -3.77. The third-order valence-electron chi connectivity index (χ3n) is 4.16. The molecule has 0 aliphatic heterocycles. The second kappa shape index (κ2) is 8.95. The van der Waals surface area contributed by atoms with Gasteiger partial charge in [0.05, 0.1) is 27.0 Å². The molecule has 0 bridgehead atoms. The molecule has 3 aromatic rings. The Bertz CT molecular complexity index is 1110. The number of hydrogen-bond donors (Lipinski definition) is 0. The topological polar surface area (TPSA) is 86.3 Å². The summed E-state index contributed by atoms with van der Waals surface area (Å²) >= 11 is 6.33. The second-order valence-corrected chi connectivity index (χ2v) is 6.49. The standard InChI is InChI=1S/C22H15ClN2O4/c23-20(17-9-5-2-6-10-17)14-19-13-18(12-11-16-7-3-1-4-8-16)21(24(26)27)15-22(19)25(28)29/h1-15H/b12-11+,20-14+. The molecule has 0 N–H and O–H groups in total. The first-order valence-corrected chi connectivity index (χ1v) is 8.96. The van der Waals surface area contributed by atoms with E-state index in [0.29, 0.717) is 10.6 Å². The third-order valence-corrected chi connectivity index (χ3v) is 4.48. The molecule has 0 aliphatic rings. The molecule has 3 aromatic carbocycles. The van der Waals surface area contributed by atoms with Crippen molar-refractivity contribution in [3.05, 3.63) is 115 Å². The largest absolute Gasteiger partial charge is 0.283 e. The Kier molecular flexibility index (Phi) is 6.16. The van der Waals surface area contributed by atoms with Gasteiger partial charge in [0.1, 0.15) is 0 Å². The number of halogens is 1. The van der Waals surface area contributed by atoms with Crippen LogP contribution in [0, 0.1) is 20.2 Å². The number of nitrogens with zero attached hydrogens (tertiary/aromatic N) is 2. The minimum absolute atomic E-state index is 0.183. The Morgan fingerprint density at radius 3 is 1.90 bits per heavy atom. The van der Waals surface area contributed by atoms with Crippen LogP contribution in [0.5, 0.6) is 0 Å². The summed E-state index contributed by atoms with van der Waals surface area (Å²) in [7, 11) is 0.